The van der Waals surface area contributed by atoms with Crippen molar-refractivity contribution in [2.45, 2.75) is 31.8 Å². The molecule has 0 radical (unpaired) electrons. The van der Waals surface area contributed by atoms with Crippen LogP contribution in [-0.4, -0.2) is 54.9 Å². The van der Waals surface area contributed by atoms with Gasteiger partial charge in [0.05, 0.1) is 18.2 Å². The maximum Gasteiger partial charge on any atom is 0.262 e. The Hall–Kier alpha value is -3.35. The van der Waals surface area contributed by atoms with Crippen LogP contribution < -0.4 is 15.0 Å². The third kappa shape index (κ3) is 3.63. The Kier molecular flexibility index (Phi) is 5.44. The molecule has 2 heterocycles. The van der Waals surface area contributed by atoms with Gasteiger partial charge < -0.3 is 15.0 Å². The summed E-state index contributed by atoms with van der Waals surface area (Å²) in [6.07, 6.45) is 1.60. The second-order valence-corrected chi connectivity index (χ2v) is 7.67. The molecule has 7 nitrogen and oxygen atoms in total. The van der Waals surface area contributed by atoms with Crippen molar-refractivity contribution in [2.24, 2.45) is 0 Å². The van der Waals surface area contributed by atoms with E-state index in [9.17, 15) is 14.4 Å². The lowest BCUT2D eigenvalue weighted by Gasteiger charge is -2.35. The van der Waals surface area contributed by atoms with Crippen molar-refractivity contribution in [3.8, 4) is 5.75 Å². The molecule has 1 atom stereocenters. The number of methoxy groups -OCH3 is 1. The molecule has 0 aromatic heterocycles. The van der Waals surface area contributed by atoms with Gasteiger partial charge in [0.15, 0.2) is 0 Å². The number of ether oxygens (including phenoxy) is 1. The lowest BCUT2D eigenvalue weighted by atomic mass is 10.0. The minimum Gasteiger partial charge on any atom is -0.497 e. The van der Waals surface area contributed by atoms with Crippen LogP contribution in [0.5, 0.6) is 5.75 Å². The summed E-state index contributed by atoms with van der Waals surface area (Å²) in [4.78, 5) is 41.3. The van der Waals surface area contributed by atoms with Crippen molar-refractivity contribution >= 4 is 23.4 Å². The number of rotatable bonds is 5. The fourth-order valence-corrected chi connectivity index (χ4v) is 4.07. The summed E-state index contributed by atoms with van der Waals surface area (Å²) in [5.74, 6) is -0.296. The first-order valence-corrected chi connectivity index (χ1v) is 10.2. The van der Waals surface area contributed by atoms with E-state index in [-0.39, 0.29) is 11.9 Å². The summed E-state index contributed by atoms with van der Waals surface area (Å²) in [5, 5.41) is 3.02. The fourth-order valence-electron chi connectivity index (χ4n) is 4.07. The normalized spacial score (nSPS) is 17.7. The van der Waals surface area contributed by atoms with E-state index >= 15 is 0 Å². The van der Waals surface area contributed by atoms with E-state index in [4.69, 9.17) is 4.74 Å². The lowest BCUT2D eigenvalue weighted by molar-refractivity contribution is -0.125. The van der Waals surface area contributed by atoms with Gasteiger partial charge in [-0.1, -0.05) is 12.1 Å². The van der Waals surface area contributed by atoms with E-state index in [1.54, 1.807) is 38.3 Å². The highest BCUT2D eigenvalue weighted by Crippen LogP contribution is 2.25. The van der Waals surface area contributed by atoms with Gasteiger partial charge >= 0.3 is 0 Å². The monoisotopic (exact) mass is 407 g/mol. The second kappa shape index (κ2) is 8.18. The van der Waals surface area contributed by atoms with Crippen molar-refractivity contribution in [2.75, 3.05) is 25.1 Å². The van der Waals surface area contributed by atoms with Crippen LogP contribution >= 0.6 is 0 Å². The highest BCUT2D eigenvalue weighted by Gasteiger charge is 2.41. The predicted octanol–water partition coefficient (Wildman–Crippen LogP) is 2.46. The number of fused-ring (bicyclic) bond motifs is 1. The number of hydrogen-bond acceptors (Lipinski definition) is 5. The van der Waals surface area contributed by atoms with Crippen LogP contribution in [-0.2, 0) is 4.79 Å². The third-order valence-corrected chi connectivity index (χ3v) is 5.87. The van der Waals surface area contributed by atoms with Crippen LogP contribution in [0.1, 0.15) is 40.5 Å². The lowest BCUT2D eigenvalue weighted by Crippen LogP contribution is -2.52. The van der Waals surface area contributed by atoms with Gasteiger partial charge in [0.2, 0.25) is 5.91 Å². The van der Waals surface area contributed by atoms with Crippen molar-refractivity contribution in [3.63, 3.8) is 0 Å². The first kappa shape index (κ1) is 19.9. The quantitative estimate of drug-likeness (QED) is 0.771. The maximum absolute atomic E-state index is 12.8. The van der Waals surface area contributed by atoms with Crippen LogP contribution in [0.3, 0.4) is 0 Å². The van der Waals surface area contributed by atoms with Crippen LogP contribution in [0, 0.1) is 0 Å². The number of benzene rings is 2. The van der Waals surface area contributed by atoms with Crippen molar-refractivity contribution in [1.29, 1.82) is 0 Å². The molecule has 4 rings (SSSR count). The average Bonchev–Trinajstić information content (AvgIpc) is 3.04. The maximum atomic E-state index is 12.8. The van der Waals surface area contributed by atoms with Gasteiger partial charge in [0, 0.05) is 24.8 Å². The second-order valence-electron chi connectivity index (χ2n) is 7.67. The Morgan fingerprint density at radius 3 is 2.10 bits per heavy atom. The van der Waals surface area contributed by atoms with E-state index in [2.05, 4.69) is 10.2 Å². The van der Waals surface area contributed by atoms with Crippen molar-refractivity contribution in [1.82, 2.24) is 10.2 Å². The zero-order valence-corrected chi connectivity index (χ0v) is 17.1. The first-order valence-electron chi connectivity index (χ1n) is 10.2. The van der Waals surface area contributed by atoms with E-state index < -0.39 is 17.9 Å². The molecule has 0 spiro atoms. The molecule has 1 saturated heterocycles. The number of nitrogens with one attached hydrogen (secondary N) is 1. The van der Waals surface area contributed by atoms with E-state index in [1.807, 2.05) is 24.3 Å². The number of piperidine rings is 1. The summed E-state index contributed by atoms with van der Waals surface area (Å²) in [6, 6.07) is 13.8. The minimum atomic E-state index is -0.850. The van der Waals surface area contributed by atoms with Gasteiger partial charge in [-0.2, -0.15) is 0 Å². The largest absolute Gasteiger partial charge is 0.497 e. The van der Waals surface area contributed by atoms with Gasteiger partial charge in [0.25, 0.3) is 11.8 Å². The summed E-state index contributed by atoms with van der Waals surface area (Å²) < 4.78 is 5.20. The number of anilines is 1. The summed E-state index contributed by atoms with van der Waals surface area (Å²) >= 11 is 0. The molecule has 156 valence electrons. The summed E-state index contributed by atoms with van der Waals surface area (Å²) in [7, 11) is 1.64. The van der Waals surface area contributed by atoms with Crippen LogP contribution in [0.15, 0.2) is 48.5 Å². The molecule has 0 bridgehead atoms. The Morgan fingerprint density at radius 2 is 1.57 bits per heavy atom. The van der Waals surface area contributed by atoms with Gasteiger partial charge in [-0.05, 0) is 56.2 Å². The SMILES string of the molecule is COc1ccc(N2CCC(NC(=O)C(C)N3C(=O)c4ccccc4C3=O)CC2)cc1. The molecule has 7 heteroatoms. The average molecular weight is 407 g/mol. The van der Waals surface area contributed by atoms with E-state index in [1.165, 1.54) is 0 Å². The molecule has 1 fully saturated rings. The highest BCUT2D eigenvalue weighted by atomic mass is 16.5. The van der Waals surface area contributed by atoms with Gasteiger partial charge in [-0.3, -0.25) is 19.3 Å². The molecule has 2 aromatic rings. The molecule has 3 amide bonds. The number of imide groups is 1. The Balaban J connectivity index is 1.34. The van der Waals surface area contributed by atoms with E-state index in [0.29, 0.717) is 11.1 Å². The van der Waals surface area contributed by atoms with Crippen molar-refractivity contribution in [3.05, 3.63) is 59.7 Å². The number of nitrogens with zero attached hydrogens (tertiary/aromatic N) is 2. The fraction of sp³-hybridized carbons (Fsp3) is 0.348. The zero-order chi connectivity index (χ0) is 21.3. The smallest absolute Gasteiger partial charge is 0.262 e. The molecule has 0 aliphatic carbocycles. The highest BCUT2D eigenvalue weighted by molar-refractivity contribution is 6.22. The number of amides is 3. The van der Waals surface area contributed by atoms with Crippen LogP contribution in [0.4, 0.5) is 5.69 Å². The summed E-state index contributed by atoms with van der Waals surface area (Å²) in [6.45, 7) is 3.24. The Labute approximate surface area is 175 Å². The molecule has 2 aliphatic heterocycles. The van der Waals surface area contributed by atoms with Gasteiger partial charge in [-0.15, -0.1) is 0 Å². The molecule has 30 heavy (non-hydrogen) atoms. The standard InChI is InChI=1S/C23H25N3O4/c1-15(26-22(28)19-5-3-4-6-20(19)23(26)29)21(27)24-16-11-13-25(14-12-16)17-7-9-18(30-2)10-8-17/h3-10,15-16H,11-14H2,1-2H3,(H,24,27). The Bertz CT molecular complexity index is 930. The van der Waals surface area contributed by atoms with Crippen LogP contribution in [0.25, 0.3) is 0 Å². The molecular formula is C23H25N3O4. The predicted molar refractivity (Wildman–Crippen MR) is 113 cm³/mol. The van der Waals surface area contributed by atoms with Crippen molar-refractivity contribution < 1.29 is 19.1 Å². The first-order chi connectivity index (χ1) is 14.5. The van der Waals surface area contributed by atoms with Gasteiger partial charge in [0.1, 0.15) is 11.8 Å². The molecule has 0 saturated carbocycles. The summed E-state index contributed by atoms with van der Waals surface area (Å²) in [5.41, 5.74) is 1.84. The third-order valence-electron chi connectivity index (χ3n) is 5.87. The zero-order valence-electron chi connectivity index (χ0n) is 17.1. The topological polar surface area (TPSA) is 79.0 Å². The number of carbonyl (C=O) groups is 3. The van der Waals surface area contributed by atoms with E-state index in [0.717, 1.165) is 42.3 Å². The molecular weight excluding hydrogens is 382 g/mol. The molecule has 1 unspecified atom stereocenters. The van der Waals surface area contributed by atoms with Gasteiger partial charge in [-0.25, -0.2) is 0 Å². The number of carbonyl (C=O) groups excluding carboxylic acids is 3. The molecule has 2 aromatic carbocycles. The molecule has 1 N–H and O–H groups in total. The Morgan fingerprint density at radius 1 is 1.00 bits per heavy atom. The minimum absolute atomic E-state index is 0.0182. The van der Waals surface area contributed by atoms with Crippen LogP contribution in [0.2, 0.25) is 0 Å². The molecule has 2 aliphatic rings. The number of hydrogen-bond donors (Lipinski definition) is 1.